The van der Waals surface area contributed by atoms with Crippen molar-refractivity contribution in [3.63, 3.8) is 0 Å². The van der Waals surface area contributed by atoms with Crippen LogP contribution < -0.4 is 0 Å². The largest absolute Gasteiger partial charge is 0.370 e. The molecule has 0 radical (unpaired) electrons. The summed E-state index contributed by atoms with van der Waals surface area (Å²) in [7, 11) is 0. The summed E-state index contributed by atoms with van der Waals surface area (Å²) in [5, 5.41) is 0. The van der Waals surface area contributed by atoms with Gasteiger partial charge < -0.3 is 9.64 Å². The van der Waals surface area contributed by atoms with Crippen molar-refractivity contribution in [1.82, 2.24) is 9.80 Å². The second-order valence-electron chi connectivity index (χ2n) is 7.33. The van der Waals surface area contributed by atoms with Gasteiger partial charge in [-0.25, -0.2) is 0 Å². The fourth-order valence-electron chi connectivity index (χ4n) is 4.26. The van der Waals surface area contributed by atoms with Gasteiger partial charge in [0.05, 0.1) is 19.7 Å². The normalized spacial score (nSPS) is 26.6. The number of likely N-dealkylation sites (tertiary alicyclic amines) is 2. The summed E-state index contributed by atoms with van der Waals surface area (Å²) in [6, 6.07) is 10.8. The van der Waals surface area contributed by atoms with Crippen LogP contribution in [-0.2, 0) is 16.0 Å². The minimum atomic E-state index is -0.0321. The van der Waals surface area contributed by atoms with Crippen LogP contribution in [0.15, 0.2) is 30.3 Å². The van der Waals surface area contributed by atoms with Gasteiger partial charge >= 0.3 is 0 Å². The fourth-order valence-corrected chi connectivity index (χ4v) is 4.26. The van der Waals surface area contributed by atoms with Gasteiger partial charge in [-0.2, -0.15) is 0 Å². The summed E-state index contributed by atoms with van der Waals surface area (Å²) < 4.78 is 6.11. The lowest BCUT2D eigenvalue weighted by Crippen LogP contribution is -2.63. The molecular formula is C19H26N2O2. The Morgan fingerprint density at radius 3 is 2.65 bits per heavy atom. The van der Waals surface area contributed by atoms with E-state index >= 15 is 0 Å². The van der Waals surface area contributed by atoms with Crippen molar-refractivity contribution >= 4 is 5.91 Å². The molecule has 1 aromatic carbocycles. The van der Waals surface area contributed by atoms with Gasteiger partial charge in [0, 0.05) is 12.5 Å². The summed E-state index contributed by atoms with van der Waals surface area (Å²) in [6.45, 7) is 4.90. The molecule has 124 valence electrons. The van der Waals surface area contributed by atoms with Crippen molar-refractivity contribution in [2.45, 2.75) is 43.7 Å². The zero-order valence-corrected chi connectivity index (χ0v) is 13.7. The van der Waals surface area contributed by atoms with Crippen LogP contribution >= 0.6 is 0 Å². The molecule has 3 heterocycles. The molecule has 0 bridgehead atoms. The SMILES string of the molecule is O=C(CCc1ccccc1)N1CC2(C[C@H](N3CCCC3)CO2)C1. The minimum Gasteiger partial charge on any atom is -0.370 e. The molecule has 23 heavy (non-hydrogen) atoms. The van der Waals surface area contributed by atoms with Gasteiger partial charge in [0.15, 0.2) is 0 Å². The third-order valence-electron chi connectivity index (χ3n) is 5.63. The molecule has 3 aliphatic heterocycles. The Morgan fingerprint density at radius 2 is 1.91 bits per heavy atom. The van der Waals surface area contributed by atoms with E-state index in [9.17, 15) is 4.79 Å². The van der Waals surface area contributed by atoms with Crippen LogP contribution in [-0.4, -0.2) is 60.1 Å². The fraction of sp³-hybridized carbons (Fsp3) is 0.632. The third-order valence-corrected chi connectivity index (χ3v) is 5.63. The number of ether oxygens (including phenoxy) is 1. The van der Waals surface area contributed by atoms with Crippen LogP contribution in [0.5, 0.6) is 0 Å². The molecule has 4 heteroatoms. The smallest absolute Gasteiger partial charge is 0.223 e. The number of amides is 1. The molecule has 1 spiro atoms. The number of hydrogen-bond donors (Lipinski definition) is 0. The molecule has 3 aliphatic rings. The first-order valence-corrected chi connectivity index (χ1v) is 8.94. The Balaban J connectivity index is 1.24. The lowest BCUT2D eigenvalue weighted by Gasteiger charge is -2.47. The standard InChI is InChI=1S/C19H26N2O2/c22-18(9-8-16-6-2-1-3-7-16)21-14-19(15-21)12-17(13-23-19)20-10-4-5-11-20/h1-3,6-7,17H,4-5,8-15H2/t17-/m0/s1. The third kappa shape index (κ3) is 3.15. The van der Waals surface area contributed by atoms with E-state index in [4.69, 9.17) is 4.74 Å². The first-order valence-electron chi connectivity index (χ1n) is 8.94. The molecule has 4 nitrogen and oxygen atoms in total. The van der Waals surface area contributed by atoms with Gasteiger partial charge in [-0.15, -0.1) is 0 Å². The van der Waals surface area contributed by atoms with E-state index in [-0.39, 0.29) is 11.5 Å². The highest BCUT2D eigenvalue weighted by Crippen LogP contribution is 2.38. The number of hydrogen-bond acceptors (Lipinski definition) is 3. The highest BCUT2D eigenvalue weighted by molar-refractivity contribution is 5.77. The first kappa shape index (κ1) is 15.2. The van der Waals surface area contributed by atoms with E-state index in [2.05, 4.69) is 17.0 Å². The van der Waals surface area contributed by atoms with E-state index in [1.807, 2.05) is 23.1 Å². The zero-order chi connectivity index (χ0) is 15.7. The summed E-state index contributed by atoms with van der Waals surface area (Å²) in [4.78, 5) is 16.9. The van der Waals surface area contributed by atoms with E-state index in [0.717, 1.165) is 32.5 Å². The van der Waals surface area contributed by atoms with Crippen LogP contribution in [0.4, 0.5) is 0 Å². The van der Waals surface area contributed by atoms with E-state index in [1.54, 1.807) is 0 Å². The Hall–Kier alpha value is -1.39. The molecule has 1 aromatic rings. The van der Waals surface area contributed by atoms with Gasteiger partial charge in [-0.05, 0) is 44.3 Å². The predicted octanol–water partition coefficient (Wildman–Crippen LogP) is 2.08. The van der Waals surface area contributed by atoms with Crippen molar-refractivity contribution in [1.29, 1.82) is 0 Å². The number of aryl methyl sites for hydroxylation is 1. The average Bonchev–Trinajstić information content (AvgIpc) is 3.21. The second kappa shape index (κ2) is 6.25. The highest BCUT2D eigenvalue weighted by atomic mass is 16.5. The summed E-state index contributed by atoms with van der Waals surface area (Å²) in [5.74, 6) is 0.271. The molecule has 4 rings (SSSR count). The Labute approximate surface area is 138 Å². The second-order valence-corrected chi connectivity index (χ2v) is 7.33. The quantitative estimate of drug-likeness (QED) is 0.853. The lowest BCUT2D eigenvalue weighted by atomic mass is 9.88. The van der Waals surface area contributed by atoms with Crippen LogP contribution in [0.1, 0.15) is 31.2 Å². The Bertz CT molecular complexity index is 548. The van der Waals surface area contributed by atoms with Crippen molar-refractivity contribution in [3.05, 3.63) is 35.9 Å². The number of benzene rings is 1. The molecule has 1 amide bonds. The highest BCUT2D eigenvalue weighted by Gasteiger charge is 2.52. The van der Waals surface area contributed by atoms with E-state index in [1.165, 1.54) is 31.5 Å². The van der Waals surface area contributed by atoms with Gasteiger partial charge in [0.1, 0.15) is 5.60 Å². The van der Waals surface area contributed by atoms with Crippen molar-refractivity contribution in [2.75, 3.05) is 32.8 Å². The number of carbonyl (C=O) groups is 1. The van der Waals surface area contributed by atoms with Crippen molar-refractivity contribution in [2.24, 2.45) is 0 Å². The molecular weight excluding hydrogens is 288 g/mol. The molecule has 0 saturated carbocycles. The van der Waals surface area contributed by atoms with Gasteiger partial charge in [-0.3, -0.25) is 9.69 Å². The van der Waals surface area contributed by atoms with Crippen LogP contribution in [0.25, 0.3) is 0 Å². The molecule has 3 saturated heterocycles. The molecule has 0 aliphatic carbocycles. The molecule has 1 atom stereocenters. The maximum Gasteiger partial charge on any atom is 0.223 e. The topological polar surface area (TPSA) is 32.8 Å². The van der Waals surface area contributed by atoms with E-state index in [0.29, 0.717) is 12.5 Å². The predicted molar refractivity (Wildman–Crippen MR) is 89.2 cm³/mol. The lowest BCUT2D eigenvalue weighted by molar-refractivity contribution is -0.157. The summed E-state index contributed by atoms with van der Waals surface area (Å²) in [5.41, 5.74) is 1.21. The average molecular weight is 314 g/mol. The molecule has 0 unspecified atom stereocenters. The van der Waals surface area contributed by atoms with Crippen LogP contribution in [0, 0.1) is 0 Å². The number of rotatable bonds is 4. The maximum absolute atomic E-state index is 12.3. The van der Waals surface area contributed by atoms with Crippen LogP contribution in [0.3, 0.4) is 0 Å². The molecule has 3 fully saturated rings. The zero-order valence-electron chi connectivity index (χ0n) is 13.7. The van der Waals surface area contributed by atoms with Crippen molar-refractivity contribution < 1.29 is 9.53 Å². The van der Waals surface area contributed by atoms with E-state index < -0.39 is 0 Å². The number of nitrogens with zero attached hydrogens (tertiary/aromatic N) is 2. The first-order chi connectivity index (χ1) is 11.2. The minimum absolute atomic E-state index is 0.0321. The summed E-state index contributed by atoms with van der Waals surface area (Å²) >= 11 is 0. The maximum atomic E-state index is 12.3. The van der Waals surface area contributed by atoms with Crippen molar-refractivity contribution in [3.8, 4) is 0 Å². The summed E-state index contributed by atoms with van der Waals surface area (Å²) in [6.07, 6.45) is 5.20. The molecule has 0 aromatic heterocycles. The van der Waals surface area contributed by atoms with Crippen LogP contribution in [0.2, 0.25) is 0 Å². The van der Waals surface area contributed by atoms with Gasteiger partial charge in [0.25, 0.3) is 0 Å². The monoisotopic (exact) mass is 314 g/mol. The Kier molecular flexibility index (Phi) is 4.12. The molecule has 0 N–H and O–H groups in total. The van der Waals surface area contributed by atoms with Gasteiger partial charge in [-0.1, -0.05) is 30.3 Å². The Morgan fingerprint density at radius 1 is 1.17 bits per heavy atom. The van der Waals surface area contributed by atoms with Gasteiger partial charge in [0.2, 0.25) is 5.91 Å². The number of carbonyl (C=O) groups excluding carboxylic acids is 1.